The lowest BCUT2D eigenvalue weighted by molar-refractivity contribution is 0.305. The third-order valence-corrected chi connectivity index (χ3v) is 6.14. The Morgan fingerprint density at radius 1 is 1.04 bits per heavy atom. The van der Waals surface area contributed by atoms with E-state index in [1.54, 1.807) is 11.3 Å². The van der Waals surface area contributed by atoms with E-state index in [1.807, 2.05) is 22.2 Å². The number of aromatic nitrogens is 2. The Bertz CT molecular complexity index is 1010. The zero-order valence-corrected chi connectivity index (χ0v) is 15.7. The van der Waals surface area contributed by atoms with Crippen molar-refractivity contribution in [3.63, 3.8) is 0 Å². The average Bonchev–Trinajstić information content (AvgIpc) is 3.24. The lowest BCUT2D eigenvalue weighted by Crippen LogP contribution is -2.58. The van der Waals surface area contributed by atoms with Crippen LogP contribution in [0.3, 0.4) is 0 Å². The van der Waals surface area contributed by atoms with Crippen molar-refractivity contribution in [1.29, 1.82) is 0 Å². The Balaban J connectivity index is 1.51. The summed E-state index contributed by atoms with van der Waals surface area (Å²) in [7, 11) is 0. The highest BCUT2D eigenvalue weighted by atomic mass is 32.1. The second-order valence-electron chi connectivity index (χ2n) is 7.08. The Kier molecular flexibility index (Phi) is 3.68. The quantitative estimate of drug-likeness (QED) is 0.714. The molecule has 1 spiro atoms. The van der Waals surface area contributed by atoms with Gasteiger partial charge in [-0.3, -0.25) is 9.30 Å². The third kappa shape index (κ3) is 2.68. The highest BCUT2D eigenvalue weighted by Crippen LogP contribution is 2.39. The molecular formula is C19H21N7S. The summed E-state index contributed by atoms with van der Waals surface area (Å²) in [5.74, 6) is 0.694. The van der Waals surface area contributed by atoms with E-state index in [-0.39, 0.29) is 5.96 Å². The highest BCUT2D eigenvalue weighted by Gasteiger charge is 2.42. The Morgan fingerprint density at radius 3 is 2.56 bits per heavy atom. The summed E-state index contributed by atoms with van der Waals surface area (Å²) in [6.07, 6.45) is 9.38. The van der Waals surface area contributed by atoms with Crippen LogP contribution < -0.4 is 16.4 Å². The number of fused-ring (bicyclic) bond motifs is 1. The first-order valence-corrected chi connectivity index (χ1v) is 10.0. The van der Waals surface area contributed by atoms with Crippen molar-refractivity contribution in [3.8, 4) is 11.3 Å². The van der Waals surface area contributed by atoms with Crippen LogP contribution >= 0.6 is 11.3 Å². The maximum Gasteiger partial charge on any atom is 0.220 e. The molecule has 5 rings (SSSR count). The molecule has 2 aliphatic rings. The van der Waals surface area contributed by atoms with Crippen LogP contribution in [0.25, 0.3) is 16.2 Å². The zero-order valence-electron chi connectivity index (χ0n) is 14.9. The SMILES string of the molecule is NC1=NC2(CCCCC2)N(c2ccc(-c3cn4ccsc4n3)cc2)C(N)=N1. The molecule has 0 saturated heterocycles. The van der Waals surface area contributed by atoms with E-state index in [9.17, 15) is 0 Å². The summed E-state index contributed by atoms with van der Waals surface area (Å²) in [5.41, 5.74) is 14.8. The van der Waals surface area contributed by atoms with Gasteiger partial charge in [0.25, 0.3) is 0 Å². The third-order valence-electron chi connectivity index (χ3n) is 5.37. The van der Waals surface area contributed by atoms with Gasteiger partial charge in [-0.05, 0) is 37.8 Å². The Labute approximate surface area is 161 Å². The van der Waals surface area contributed by atoms with Gasteiger partial charge in [-0.2, -0.15) is 4.99 Å². The van der Waals surface area contributed by atoms with Gasteiger partial charge in [-0.1, -0.05) is 18.6 Å². The fourth-order valence-corrected chi connectivity index (χ4v) is 4.84. The van der Waals surface area contributed by atoms with E-state index in [1.165, 1.54) is 6.42 Å². The first kappa shape index (κ1) is 16.3. The lowest BCUT2D eigenvalue weighted by atomic mass is 9.87. The summed E-state index contributed by atoms with van der Waals surface area (Å²) in [5, 5.41) is 2.03. The van der Waals surface area contributed by atoms with Gasteiger partial charge < -0.3 is 11.5 Å². The number of benzene rings is 1. The van der Waals surface area contributed by atoms with Gasteiger partial charge in [0.2, 0.25) is 11.9 Å². The van der Waals surface area contributed by atoms with E-state index in [4.69, 9.17) is 16.5 Å². The van der Waals surface area contributed by atoms with Gasteiger partial charge in [-0.15, -0.1) is 11.3 Å². The topological polar surface area (TPSA) is 97.3 Å². The van der Waals surface area contributed by atoms with E-state index < -0.39 is 5.66 Å². The van der Waals surface area contributed by atoms with E-state index in [2.05, 4.69) is 39.1 Å². The highest BCUT2D eigenvalue weighted by molar-refractivity contribution is 7.15. The normalized spacial score (nSPS) is 19.3. The molecule has 27 heavy (non-hydrogen) atoms. The minimum atomic E-state index is -0.410. The molecule has 0 radical (unpaired) electrons. The Hall–Kier alpha value is -2.87. The molecule has 3 aromatic rings. The van der Waals surface area contributed by atoms with E-state index >= 15 is 0 Å². The van der Waals surface area contributed by atoms with Crippen LogP contribution in [0.1, 0.15) is 32.1 Å². The van der Waals surface area contributed by atoms with Crippen LogP contribution in [0.15, 0.2) is 52.0 Å². The van der Waals surface area contributed by atoms with Crippen molar-refractivity contribution in [2.24, 2.45) is 21.5 Å². The molecule has 1 aliphatic heterocycles. The Morgan fingerprint density at radius 2 is 1.81 bits per heavy atom. The molecule has 0 unspecified atom stereocenters. The molecule has 2 aromatic heterocycles. The van der Waals surface area contributed by atoms with Crippen LogP contribution in [0.4, 0.5) is 5.69 Å². The molecule has 1 aliphatic carbocycles. The summed E-state index contributed by atoms with van der Waals surface area (Å²) in [6.45, 7) is 0. The van der Waals surface area contributed by atoms with Crippen molar-refractivity contribution in [3.05, 3.63) is 42.0 Å². The monoisotopic (exact) mass is 379 g/mol. The van der Waals surface area contributed by atoms with Crippen molar-refractivity contribution in [2.75, 3.05) is 4.90 Å². The van der Waals surface area contributed by atoms with Gasteiger partial charge in [0.05, 0.1) is 5.69 Å². The van der Waals surface area contributed by atoms with Crippen molar-refractivity contribution >= 4 is 33.9 Å². The van der Waals surface area contributed by atoms with Crippen molar-refractivity contribution in [1.82, 2.24) is 9.38 Å². The van der Waals surface area contributed by atoms with Crippen LogP contribution in [0, 0.1) is 0 Å². The molecule has 1 saturated carbocycles. The number of guanidine groups is 2. The predicted octanol–water partition coefficient (Wildman–Crippen LogP) is 3.17. The number of imidazole rings is 1. The average molecular weight is 379 g/mol. The number of thiazole rings is 1. The molecule has 1 fully saturated rings. The van der Waals surface area contributed by atoms with Crippen molar-refractivity contribution < 1.29 is 0 Å². The largest absolute Gasteiger partial charge is 0.369 e. The smallest absolute Gasteiger partial charge is 0.220 e. The number of nitrogens with zero attached hydrogens (tertiary/aromatic N) is 5. The first-order chi connectivity index (χ1) is 13.1. The zero-order chi connectivity index (χ0) is 18.4. The lowest BCUT2D eigenvalue weighted by Gasteiger charge is -2.45. The fraction of sp³-hybridized carbons (Fsp3) is 0.316. The standard InChI is InChI=1S/C19H21N7S/c20-16-23-17(21)26(19(24-16)8-2-1-3-9-19)14-6-4-13(5-7-14)15-12-25-10-11-27-18(25)22-15/h4-7,10-12H,1-3,8-9H2,(H4,20,21,23,24). The van der Waals surface area contributed by atoms with Gasteiger partial charge in [0.1, 0.15) is 5.66 Å². The maximum atomic E-state index is 6.29. The van der Waals surface area contributed by atoms with E-state index in [0.717, 1.165) is 47.6 Å². The second-order valence-corrected chi connectivity index (χ2v) is 7.96. The maximum absolute atomic E-state index is 6.29. The summed E-state index contributed by atoms with van der Waals surface area (Å²) in [6, 6.07) is 8.29. The van der Waals surface area contributed by atoms with Gasteiger partial charge >= 0.3 is 0 Å². The number of hydrogen-bond donors (Lipinski definition) is 2. The molecule has 3 heterocycles. The summed E-state index contributed by atoms with van der Waals surface area (Å²) in [4.78, 5) is 16.7. The van der Waals surface area contributed by atoms with Crippen LogP contribution in [0.5, 0.6) is 0 Å². The molecule has 0 bridgehead atoms. The minimum Gasteiger partial charge on any atom is -0.369 e. The van der Waals surface area contributed by atoms with Gasteiger partial charge in [-0.25, -0.2) is 9.98 Å². The molecule has 7 nitrogen and oxygen atoms in total. The van der Waals surface area contributed by atoms with Crippen LogP contribution in [-0.2, 0) is 0 Å². The van der Waals surface area contributed by atoms with Gasteiger partial charge in [0, 0.05) is 29.0 Å². The fourth-order valence-electron chi connectivity index (χ4n) is 4.14. The molecule has 1 aromatic carbocycles. The number of aliphatic imine (C=N–C) groups is 2. The molecule has 138 valence electrons. The molecular weight excluding hydrogens is 358 g/mol. The molecule has 8 heteroatoms. The van der Waals surface area contributed by atoms with Crippen LogP contribution in [0.2, 0.25) is 0 Å². The number of anilines is 1. The number of rotatable bonds is 2. The predicted molar refractivity (Wildman–Crippen MR) is 110 cm³/mol. The number of hydrogen-bond acceptors (Lipinski definition) is 7. The van der Waals surface area contributed by atoms with Crippen molar-refractivity contribution in [2.45, 2.75) is 37.8 Å². The molecule has 4 N–H and O–H groups in total. The summed E-state index contributed by atoms with van der Waals surface area (Å²) < 4.78 is 2.04. The summed E-state index contributed by atoms with van der Waals surface area (Å²) >= 11 is 1.63. The first-order valence-electron chi connectivity index (χ1n) is 9.17. The van der Waals surface area contributed by atoms with Gasteiger partial charge in [0.15, 0.2) is 4.96 Å². The minimum absolute atomic E-state index is 0.278. The molecule has 0 amide bonds. The number of nitrogens with two attached hydrogens (primary N) is 2. The molecule has 0 atom stereocenters. The van der Waals surface area contributed by atoms with E-state index in [0.29, 0.717) is 5.96 Å². The second kappa shape index (κ2) is 6.09. The van der Waals surface area contributed by atoms with Crippen LogP contribution in [-0.4, -0.2) is 27.0 Å².